The molecule has 0 aliphatic heterocycles. The van der Waals surface area contributed by atoms with Crippen LogP contribution in [0.15, 0.2) is 71.6 Å². The first-order valence-corrected chi connectivity index (χ1v) is 13.9. The Morgan fingerprint density at radius 2 is 1.95 bits per heavy atom. The molecule has 1 aliphatic rings. The number of aliphatic hydroxyl groups excluding tert-OH is 1. The lowest BCUT2D eigenvalue weighted by molar-refractivity contribution is 0.172. The molecule has 0 bridgehead atoms. The van der Waals surface area contributed by atoms with E-state index in [4.69, 9.17) is 10.5 Å². The predicted octanol–water partition coefficient (Wildman–Crippen LogP) is 3.92. The standard InChI is InChI=1S/C27H31N5O4S/c28-20-7-3-9-23(15-20)37(34,35)32-21-8-2-6-19(14-21)26(33)17-29-12-13-36-22-10-11-24-25(16-22)30-31-27(24)18-4-1-5-18/h2-3,6-11,14-16,18,26,29,32-33H,1,4-5,12-13,17,28H2,(H,30,31)/t26-/m0/s1. The number of hydrogen-bond donors (Lipinski definition) is 5. The lowest BCUT2D eigenvalue weighted by Crippen LogP contribution is -2.26. The molecule has 0 unspecified atom stereocenters. The van der Waals surface area contributed by atoms with Crippen molar-refractivity contribution in [1.29, 1.82) is 0 Å². The monoisotopic (exact) mass is 521 g/mol. The Labute approximate surface area is 216 Å². The van der Waals surface area contributed by atoms with Crippen LogP contribution in [0.5, 0.6) is 5.75 Å². The summed E-state index contributed by atoms with van der Waals surface area (Å²) >= 11 is 0. The van der Waals surface area contributed by atoms with Crippen molar-refractivity contribution in [2.75, 3.05) is 30.2 Å². The van der Waals surface area contributed by atoms with Crippen LogP contribution in [-0.2, 0) is 10.0 Å². The molecule has 3 aromatic carbocycles. The van der Waals surface area contributed by atoms with Crippen LogP contribution in [-0.4, -0.2) is 43.4 Å². The van der Waals surface area contributed by atoms with E-state index < -0.39 is 16.1 Å². The van der Waals surface area contributed by atoms with E-state index in [1.165, 1.54) is 31.4 Å². The van der Waals surface area contributed by atoms with Crippen molar-refractivity contribution in [1.82, 2.24) is 15.5 Å². The van der Waals surface area contributed by atoms with Crippen molar-refractivity contribution in [3.63, 3.8) is 0 Å². The van der Waals surface area contributed by atoms with Gasteiger partial charge in [0, 0.05) is 41.8 Å². The van der Waals surface area contributed by atoms with E-state index in [-0.39, 0.29) is 4.90 Å². The molecule has 1 atom stereocenters. The van der Waals surface area contributed by atoms with Crippen molar-refractivity contribution >= 4 is 32.3 Å². The number of fused-ring (bicyclic) bond motifs is 1. The van der Waals surface area contributed by atoms with Gasteiger partial charge in [0.15, 0.2) is 0 Å². The number of nitrogens with zero attached hydrogens (tertiary/aromatic N) is 1. The predicted molar refractivity (Wildman–Crippen MR) is 144 cm³/mol. The van der Waals surface area contributed by atoms with Crippen molar-refractivity contribution in [2.45, 2.75) is 36.2 Å². The summed E-state index contributed by atoms with van der Waals surface area (Å²) in [6.45, 7) is 1.26. The highest BCUT2D eigenvalue weighted by atomic mass is 32.2. The molecule has 1 aliphatic carbocycles. The van der Waals surface area contributed by atoms with Gasteiger partial charge in [0.25, 0.3) is 10.0 Å². The summed E-state index contributed by atoms with van der Waals surface area (Å²) < 4.78 is 33.7. The summed E-state index contributed by atoms with van der Waals surface area (Å²) in [5.41, 5.74) is 9.16. The molecular formula is C27H31N5O4S. The minimum atomic E-state index is -3.79. The van der Waals surface area contributed by atoms with Crippen LogP contribution in [0.1, 0.15) is 42.5 Å². The average molecular weight is 522 g/mol. The van der Waals surface area contributed by atoms with E-state index in [0.717, 1.165) is 22.3 Å². The fraction of sp³-hybridized carbons (Fsp3) is 0.296. The summed E-state index contributed by atoms with van der Waals surface area (Å²) in [7, 11) is -3.79. The first-order valence-electron chi connectivity index (χ1n) is 12.4. The van der Waals surface area contributed by atoms with Crippen LogP contribution >= 0.6 is 0 Å². The van der Waals surface area contributed by atoms with E-state index in [9.17, 15) is 13.5 Å². The second-order valence-electron chi connectivity index (χ2n) is 9.32. The van der Waals surface area contributed by atoms with Crippen LogP contribution in [0.25, 0.3) is 10.9 Å². The smallest absolute Gasteiger partial charge is 0.261 e. The van der Waals surface area contributed by atoms with E-state index >= 15 is 0 Å². The van der Waals surface area contributed by atoms with Gasteiger partial charge >= 0.3 is 0 Å². The van der Waals surface area contributed by atoms with Gasteiger partial charge in [-0.25, -0.2) is 8.42 Å². The molecule has 1 fully saturated rings. The zero-order chi connectivity index (χ0) is 25.8. The summed E-state index contributed by atoms with van der Waals surface area (Å²) in [6, 6.07) is 18.8. The van der Waals surface area contributed by atoms with Crippen LogP contribution in [0.4, 0.5) is 11.4 Å². The number of H-pyrrole nitrogens is 1. The van der Waals surface area contributed by atoms with Gasteiger partial charge in [-0.15, -0.1) is 0 Å². The van der Waals surface area contributed by atoms with E-state index in [1.807, 2.05) is 12.1 Å². The van der Waals surface area contributed by atoms with Crippen LogP contribution < -0.4 is 20.5 Å². The Kier molecular flexibility index (Phi) is 7.31. The van der Waals surface area contributed by atoms with E-state index in [2.05, 4.69) is 26.3 Å². The van der Waals surface area contributed by atoms with Gasteiger partial charge < -0.3 is 20.9 Å². The van der Waals surface area contributed by atoms with Gasteiger partial charge in [-0.3, -0.25) is 9.82 Å². The van der Waals surface area contributed by atoms with Crippen molar-refractivity contribution in [2.24, 2.45) is 0 Å². The highest BCUT2D eigenvalue weighted by molar-refractivity contribution is 7.92. The van der Waals surface area contributed by atoms with Crippen molar-refractivity contribution < 1.29 is 18.3 Å². The van der Waals surface area contributed by atoms with Crippen molar-refractivity contribution in [3.8, 4) is 5.75 Å². The Hall–Kier alpha value is -3.60. The molecule has 1 saturated carbocycles. The van der Waals surface area contributed by atoms with Crippen LogP contribution in [0.3, 0.4) is 0 Å². The number of benzene rings is 3. The highest BCUT2D eigenvalue weighted by Crippen LogP contribution is 2.38. The summed E-state index contributed by atoms with van der Waals surface area (Å²) in [5, 5.41) is 22.5. The van der Waals surface area contributed by atoms with Gasteiger partial charge in [0.2, 0.25) is 0 Å². The lowest BCUT2D eigenvalue weighted by Gasteiger charge is -2.23. The number of rotatable bonds is 11. The first kappa shape index (κ1) is 25.1. The molecule has 0 saturated heterocycles. The topological polar surface area (TPSA) is 142 Å². The van der Waals surface area contributed by atoms with Gasteiger partial charge in [-0.1, -0.05) is 24.6 Å². The number of anilines is 2. The lowest BCUT2D eigenvalue weighted by atomic mass is 9.82. The second kappa shape index (κ2) is 10.8. The number of nitrogens with one attached hydrogen (secondary N) is 3. The van der Waals surface area contributed by atoms with E-state index in [0.29, 0.717) is 42.6 Å². The van der Waals surface area contributed by atoms with Gasteiger partial charge in [-0.05, 0) is 60.9 Å². The number of ether oxygens (including phenoxy) is 1. The molecule has 37 heavy (non-hydrogen) atoms. The highest BCUT2D eigenvalue weighted by Gasteiger charge is 2.24. The SMILES string of the molecule is Nc1cccc(S(=O)(=O)Nc2cccc([C@@H](O)CNCCOc3ccc4c(C5CCC5)n[nH]c4c3)c2)c1. The second-order valence-corrected chi connectivity index (χ2v) is 11.0. The van der Waals surface area contributed by atoms with Gasteiger partial charge in [-0.2, -0.15) is 5.10 Å². The minimum absolute atomic E-state index is 0.0746. The number of aliphatic hydroxyl groups is 1. The Morgan fingerprint density at radius 3 is 2.73 bits per heavy atom. The number of sulfonamides is 1. The van der Waals surface area contributed by atoms with Gasteiger partial charge in [0.05, 0.1) is 22.2 Å². The molecule has 0 radical (unpaired) electrons. The molecule has 4 aromatic rings. The Bertz CT molecular complexity index is 1480. The number of hydrogen-bond acceptors (Lipinski definition) is 7. The molecule has 5 rings (SSSR count). The zero-order valence-corrected chi connectivity index (χ0v) is 21.2. The Morgan fingerprint density at radius 1 is 1.11 bits per heavy atom. The molecule has 1 heterocycles. The molecule has 194 valence electrons. The number of nitrogen functional groups attached to an aromatic ring is 1. The van der Waals surface area contributed by atoms with Crippen LogP contribution in [0, 0.1) is 0 Å². The minimum Gasteiger partial charge on any atom is -0.492 e. The molecule has 10 heteroatoms. The summed E-state index contributed by atoms with van der Waals surface area (Å²) in [5.74, 6) is 1.33. The summed E-state index contributed by atoms with van der Waals surface area (Å²) in [4.78, 5) is 0.0746. The molecule has 9 nitrogen and oxygen atoms in total. The van der Waals surface area contributed by atoms with Crippen LogP contribution in [0.2, 0.25) is 0 Å². The molecule has 0 spiro atoms. The largest absolute Gasteiger partial charge is 0.492 e. The number of aromatic nitrogens is 2. The maximum absolute atomic E-state index is 12.7. The van der Waals surface area contributed by atoms with Crippen molar-refractivity contribution in [3.05, 3.63) is 78.0 Å². The normalized spacial score (nSPS) is 14.8. The first-order chi connectivity index (χ1) is 17.9. The summed E-state index contributed by atoms with van der Waals surface area (Å²) in [6.07, 6.45) is 2.87. The zero-order valence-electron chi connectivity index (χ0n) is 20.4. The fourth-order valence-electron chi connectivity index (χ4n) is 4.41. The number of aromatic amines is 1. The average Bonchev–Trinajstić information content (AvgIpc) is 3.25. The third kappa shape index (κ3) is 5.87. The molecular weight excluding hydrogens is 490 g/mol. The fourth-order valence-corrected chi connectivity index (χ4v) is 5.51. The molecule has 0 amide bonds. The molecule has 1 aromatic heterocycles. The maximum Gasteiger partial charge on any atom is 0.261 e. The maximum atomic E-state index is 12.7. The third-order valence-electron chi connectivity index (χ3n) is 6.63. The van der Waals surface area contributed by atoms with Gasteiger partial charge in [0.1, 0.15) is 12.4 Å². The molecule has 6 N–H and O–H groups in total. The Balaban J connectivity index is 1.10. The number of nitrogens with two attached hydrogens (primary N) is 1. The quantitative estimate of drug-likeness (QED) is 0.149. The van der Waals surface area contributed by atoms with E-state index in [1.54, 1.807) is 36.4 Å². The third-order valence-corrected chi connectivity index (χ3v) is 8.01.